The fourth-order valence-electron chi connectivity index (χ4n) is 3.10. The molecule has 2 amide bonds. The van der Waals surface area contributed by atoms with Gasteiger partial charge in [-0.25, -0.2) is 15.6 Å². The second-order valence-electron chi connectivity index (χ2n) is 9.74. The van der Waals surface area contributed by atoms with E-state index in [1.165, 1.54) is 30.2 Å². The van der Waals surface area contributed by atoms with Gasteiger partial charge in [-0.1, -0.05) is 25.3 Å². The van der Waals surface area contributed by atoms with Gasteiger partial charge in [0.15, 0.2) is 0 Å². The van der Waals surface area contributed by atoms with Crippen LogP contribution in [0.5, 0.6) is 0 Å². The molecule has 1 aromatic heterocycles. The second kappa shape index (κ2) is 18.1. The second-order valence-corrected chi connectivity index (χ2v) is 9.74. The zero-order chi connectivity index (χ0) is 30.8. The topological polar surface area (TPSA) is 164 Å². The number of aromatic nitrogens is 2. The van der Waals surface area contributed by atoms with E-state index in [0.29, 0.717) is 36.7 Å². The van der Waals surface area contributed by atoms with Gasteiger partial charge < -0.3 is 31.3 Å². The molecule has 2 aromatic rings. The Morgan fingerprint density at radius 2 is 1.85 bits per heavy atom. The lowest BCUT2D eigenvalue weighted by Crippen LogP contribution is -2.41. The van der Waals surface area contributed by atoms with Crippen molar-refractivity contribution in [1.82, 2.24) is 20.2 Å². The summed E-state index contributed by atoms with van der Waals surface area (Å²) in [6, 6.07) is 7.48. The number of unbranched alkanes of at least 4 members (excludes halogenated alkanes) is 1. The number of nitrogens with one attached hydrogen (secondary N) is 3. The van der Waals surface area contributed by atoms with Crippen molar-refractivity contribution >= 4 is 35.1 Å². The number of rotatable bonds is 12. The van der Waals surface area contributed by atoms with E-state index in [1.807, 2.05) is 24.3 Å². The van der Waals surface area contributed by atoms with E-state index in [2.05, 4.69) is 57.0 Å². The Morgan fingerprint density at radius 1 is 1.17 bits per heavy atom. The van der Waals surface area contributed by atoms with E-state index in [0.717, 1.165) is 24.3 Å². The van der Waals surface area contributed by atoms with Crippen molar-refractivity contribution in [2.45, 2.75) is 52.6 Å². The average Bonchev–Trinajstić information content (AvgIpc) is 2.94. The number of amides is 2. The van der Waals surface area contributed by atoms with Crippen LogP contribution in [0.2, 0.25) is 0 Å². The molecule has 0 radical (unpaired) electrons. The number of carbonyl (C=O) groups is 2. The fourth-order valence-corrected chi connectivity index (χ4v) is 3.10. The molecule has 0 aliphatic rings. The van der Waals surface area contributed by atoms with Gasteiger partial charge in [-0.3, -0.25) is 9.80 Å². The number of ether oxygens (including phenoxy) is 1. The predicted octanol–water partition coefficient (Wildman–Crippen LogP) is 3.56. The Morgan fingerprint density at radius 3 is 2.46 bits per heavy atom. The lowest BCUT2D eigenvalue weighted by molar-refractivity contribution is -0.122. The molecule has 41 heavy (non-hydrogen) atoms. The highest BCUT2D eigenvalue weighted by atomic mass is 16.6. The number of hydrogen-bond acceptors (Lipinski definition) is 10. The Balaban J connectivity index is 0.00000411. The van der Waals surface area contributed by atoms with Gasteiger partial charge >= 0.3 is 6.09 Å². The maximum absolute atomic E-state index is 12.1. The van der Waals surface area contributed by atoms with Gasteiger partial charge in [0.1, 0.15) is 18.0 Å². The van der Waals surface area contributed by atoms with Crippen LogP contribution in [0.4, 0.5) is 27.9 Å². The molecule has 0 unspecified atom stereocenters. The van der Waals surface area contributed by atoms with Gasteiger partial charge in [0.25, 0.3) is 0 Å². The van der Waals surface area contributed by atoms with Crippen LogP contribution in [0.25, 0.3) is 0 Å². The van der Waals surface area contributed by atoms with Gasteiger partial charge in [0.2, 0.25) is 11.9 Å². The van der Waals surface area contributed by atoms with Crippen molar-refractivity contribution in [1.29, 1.82) is 0 Å². The van der Waals surface area contributed by atoms with Gasteiger partial charge in [0, 0.05) is 38.4 Å². The first-order chi connectivity index (χ1) is 19.5. The van der Waals surface area contributed by atoms with Gasteiger partial charge in [0.05, 0.1) is 17.4 Å². The number of nitrogens with zero attached hydrogens (tertiary/aromatic N) is 4. The molecule has 0 aliphatic carbocycles. The number of carbonyl (C=O) groups excluding carboxylic acids is 2. The van der Waals surface area contributed by atoms with Crippen LogP contribution in [0.3, 0.4) is 0 Å². The maximum atomic E-state index is 12.1. The van der Waals surface area contributed by atoms with Crippen molar-refractivity contribution in [3.8, 4) is 11.8 Å². The molecule has 12 heteroatoms. The highest BCUT2D eigenvalue weighted by Crippen LogP contribution is 2.20. The molecule has 0 spiro atoms. The smallest absolute Gasteiger partial charge is 0.410 e. The molecule has 224 valence electrons. The summed E-state index contributed by atoms with van der Waals surface area (Å²) in [7, 11) is 3.03. The first-order valence-corrected chi connectivity index (χ1v) is 13.4. The average molecular weight is 568 g/mol. The summed E-state index contributed by atoms with van der Waals surface area (Å²) in [5.41, 5.74) is 6.20. The summed E-state index contributed by atoms with van der Waals surface area (Å²) in [6.07, 6.45) is 4.84. The third-order valence-corrected chi connectivity index (χ3v) is 5.06. The van der Waals surface area contributed by atoms with Crippen LogP contribution in [-0.4, -0.2) is 66.2 Å². The third kappa shape index (κ3) is 13.5. The van der Waals surface area contributed by atoms with Gasteiger partial charge in [-0.05, 0) is 64.9 Å². The number of hydrogen-bond donors (Lipinski definition) is 5. The van der Waals surface area contributed by atoms with Crippen molar-refractivity contribution < 1.29 is 14.3 Å². The van der Waals surface area contributed by atoms with Crippen LogP contribution in [-0.2, 0) is 9.53 Å². The summed E-state index contributed by atoms with van der Waals surface area (Å²) in [5.74, 6) is 12.9. The van der Waals surface area contributed by atoms with Crippen molar-refractivity contribution in [2.24, 2.45) is 11.6 Å². The Kier molecular flexibility index (Phi) is 15.3. The quantitative estimate of drug-likeness (QED) is 0.111. The van der Waals surface area contributed by atoms with E-state index in [1.54, 1.807) is 27.0 Å². The molecular weight excluding hydrogens is 522 g/mol. The number of nitrogens with two attached hydrogens (primary N) is 2. The molecule has 1 heterocycles. The van der Waals surface area contributed by atoms with Crippen LogP contribution in [0.1, 0.15) is 52.5 Å². The van der Waals surface area contributed by atoms with E-state index < -0.39 is 11.7 Å². The molecule has 0 bridgehead atoms. The largest absolute Gasteiger partial charge is 0.444 e. The lowest BCUT2D eigenvalue weighted by Gasteiger charge is -2.24. The van der Waals surface area contributed by atoms with Crippen LogP contribution >= 0.6 is 0 Å². The molecule has 1 aromatic carbocycles. The normalized spacial score (nSPS) is 10.1. The molecule has 7 N–H and O–H groups in total. The summed E-state index contributed by atoms with van der Waals surface area (Å²) in [6.45, 7) is 12.2. The molecule has 0 aliphatic heterocycles. The minimum atomic E-state index is -0.611. The molecule has 12 nitrogen and oxygen atoms in total. The van der Waals surface area contributed by atoms with Gasteiger partial charge in [-0.15, -0.1) is 0 Å². The first kappa shape index (κ1) is 34.7. The zero-order valence-electron chi connectivity index (χ0n) is 25.1. The zero-order valence-corrected chi connectivity index (χ0v) is 25.1. The Bertz CT molecular complexity index is 1170. The number of anilines is 4. The van der Waals surface area contributed by atoms with E-state index in [-0.39, 0.29) is 12.5 Å². The highest BCUT2D eigenvalue weighted by molar-refractivity contribution is 5.82. The molecular formula is C29H45N9O3. The molecule has 0 atom stereocenters. The lowest BCUT2D eigenvalue weighted by atomic mass is 10.2. The van der Waals surface area contributed by atoms with Crippen LogP contribution < -0.4 is 32.5 Å². The number of likely N-dealkylation sites (N-methyl/N-ethyl adjacent to an activating group) is 1. The van der Waals surface area contributed by atoms with E-state index in [4.69, 9.17) is 10.6 Å². The molecule has 0 saturated carbocycles. The monoisotopic (exact) mass is 567 g/mol. The van der Waals surface area contributed by atoms with Crippen LogP contribution in [0.15, 0.2) is 43.2 Å². The highest BCUT2D eigenvalue weighted by Gasteiger charge is 2.20. The van der Waals surface area contributed by atoms with Crippen molar-refractivity contribution in [3.05, 3.63) is 48.8 Å². The minimum Gasteiger partial charge on any atom is -0.444 e. The summed E-state index contributed by atoms with van der Waals surface area (Å²) in [5, 5.41) is 10.7. The summed E-state index contributed by atoms with van der Waals surface area (Å²) in [4.78, 5) is 34.3. The standard InChI is InChI=1S/C28H40N8O3.CH5N/c1-7-17-31-25-21(19-32-26(34-25)33-22-13-15-23(16-14-22)36(29)8-2)12-10-9-11-18-30-24(37)20-35(6)27(38)39-28(3,4)5;1-2/h8,13-16,19H,2,7,9,11,17-18,20,29H2,1,3-6H3,(H,30,37)(H2,31,32,33,34);2H2,1H3. The molecule has 0 fully saturated rings. The molecule has 0 saturated heterocycles. The Hall–Kier alpha value is -4.34. The molecule has 2 rings (SSSR count). The number of benzene rings is 1. The van der Waals surface area contributed by atoms with Gasteiger partial charge in [-0.2, -0.15) is 4.98 Å². The van der Waals surface area contributed by atoms with Crippen molar-refractivity contribution in [3.63, 3.8) is 0 Å². The fraction of sp³-hybridized carbons (Fsp3) is 0.448. The Labute approximate surface area is 243 Å². The third-order valence-electron chi connectivity index (χ3n) is 5.06. The SMILES string of the molecule is C=CN(N)c1ccc(Nc2ncc(C#CCCCNC(=O)CN(C)C(=O)OC(C)(C)C)c(NCCC)n2)cc1.CN. The van der Waals surface area contributed by atoms with Crippen molar-refractivity contribution in [2.75, 3.05) is 49.4 Å². The maximum Gasteiger partial charge on any atom is 0.410 e. The number of hydrazine groups is 1. The summed E-state index contributed by atoms with van der Waals surface area (Å²) >= 11 is 0. The van der Waals surface area contributed by atoms with E-state index in [9.17, 15) is 9.59 Å². The first-order valence-electron chi connectivity index (χ1n) is 13.4. The van der Waals surface area contributed by atoms with E-state index >= 15 is 0 Å². The summed E-state index contributed by atoms with van der Waals surface area (Å²) < 4.78 is 5.25. The van der Waals surface area contributed by atoms with Crippen LogP contribution in [0, 0.1) is 11.8 Å². The minimum absolute atomic E-state index is 0.0742. The predicted molar refractivity (Wildman–Crippen MR) is 165 cm³/mol.